The van der Waals surface area contributed by atoms with E-state index in [1.807, 2.05) is 32.0 Å². The van der Waals surface area contributed by atoms with Crippen LogP contribution in [0.4, 0.5) is 11.6 Å². The summed E-state index contributed by atoms with van der Waals surface area (Å²) < 4.78 is 0. The van der Waals surface area contributed by atoms with Gasteiger partial charge in [0.2, 0.25) is 5.95 Å². The Morgan fingerprint density at radius 3 is 3.00 bits per heavy atom. The highest BCUT2D eigenvalue weighted by molar-refractivity contribution is 6.14. The summed E-state index contributed by atoms with van der Waals surface area (Å²) in [6.07, 6.45) is 4.91. The van der Waals surface area contributed by atoms with E-state index in [0.717, 1.165) is 18.3 Å². The maximum atomic E-state index is 13.2. The predicted octanol–water partition coefficient (Wildman–Crippen LogP) is 2.37. The van der Waals surface area contributed by atoms with Gasteiger partial charge >= 0.3 is 0 Å². The smallest absolute Gasteiger partial charge is 0.256 e. The Labute approximate surface area is 169 Å². The molecule has 1 amide bonds. The van der Waals surface area contributed by atoms with Crippen LogP contribution in [-0.2, 0) is 11.3 Å². The maximum absolute atomic E-state index is 13.2. The molecule has 3 rings (SSSR count). The van der Waals surface area contributed by atoms with Gasteiger partial charge in [-0.2, -0.15) is 5.10 Å². The van der Waals surface area contributed by atoms with E-state index in [2.05, 4.69) is 20.5 Å². The lowest BCUT2D eigenvalue weighted by atomic mass is 10.1. The number of hydrazone groups is 1. The normalized spacial score (nSPS) is 17.2. The molecule has 1 saturated heterocycles. The van der Waals surface area contributed by atoms with Crippen molar-refractivity contribution in [3.63, 3.8) is 0 Å². The molecule has 2 heterocycles. The molecular weight excluding hydrogens is 370 g/mol. The van der Waals surface area contributed by atoms with Crippen molar-refractivity contribution in [3.05, 3.63) is 47.8 Å². The zero-order valence-electron chi connectivity index (χ0n) is 16.6. The molecule has 0 saturated carbocycles. The fraction of sp³-hybridized carbons (Fsp3) is 0.350. The molecule has 1 aromatic heterocycles. The van der Waals surface area contributed by atoms with E-state index >= 15 is 0 Å². The maximum Gasteiger partial charge on any atom is 0.256 e. The first-order valence-corrected chi connectivity index (χ1v) is 9.54. The standard InChI is InChI=1S/C20H25N7O2/c1-3-16-8-10-22-20(24-16)27-13-12-26(15(2)14-29-27)19(28)17-6-4-5-7-18(17)25-23-11-9-21/h4-11,15,21,25H,3,12-14H2,1-2H3/b21-9?,23-11-/t15-/m1/s1. The lowest BCUT2D eigenvalue weighted by molar-refractivity contribution is 0.0598. The van der Waals surface area contributed by atoms with Crippen LogP contribution in [0.25, 0.3) is 0 Å². The number of anilines is 2. The van der Waals surface area contributed by atoms with Crippen LogP contribution in [0.2, 0.25) is 0 Å². The minimum Gasteiger partial charge on any atom is -0.332 e. The first kappa shape index (κ1) is 20.4. The van der Waals surface area contributed by atoms with E-state index in [0.29, 0.717) is 36.9 Å². The molecule has 0 aliphatic carbocycles. The molecule has 1 atom stereocenters. The Morgan fingerprint density at radius 1 is 1.38 bits per heavy atom. The number of nitrogens with zero attached hydrogens (tertiary/aromatic N) is 5. The predicted molar refractivity (Wildman–Crippen MR) is 113 cm³/mol. The molecule has 0 spiro atoms. The number of rotatable bonds is 6. The Morgan fingerprint density at radius 2 is 2.21 bits per heavy atom. The number of carbonyl (C=O) groups excluding carboxylic acids is 1. The number of para-hydroxylation sites is 1. The summed E-state index contributed by atoms with van der Waals surface area (Å²) in [6, 6.07) is 8.94. The van der Waals surface area contributed by atoms with E-state index in [1.165, 1.54) is 6.21 Å². The van der Waals surface area contributed by atoms with Crippen LogP contribution < -0.4 is 10.5 Å². The number of hydrogen-bond donors (Lipinski definition) is 2. The minimum atomic E-state index is -0.125. The Hall–Kier alpha value is -3.33. The van der Waals surface area contributed by atoms with Gasteiger partial charge in [-0.3, -0.25) is 15.1 Å². The molecular formula is C20H25N7O2. The summed E-state index contributed by atoms with van der Waals surface area (Å²) >= 11 is 0. The first-order valence-electron chi connectivity index (χ1n) is 9.54. The van der Waals surface area contributed by atoms with Crippen LogP contribution in [0.3, 0.4) is 0 Å². The van der Waals surface area contributed by atoms with Crippen molar-refractivity contribution >= 4 is 30.0 Å². The van der Waals surface area contributed by atoms with Crippen LogP contribution in [0.1, 0.15) is 29.9 Å². The van der Waals surface area contributed by atoms with Gasteiger partial charge in [0.1, 0.15) is 0 Å². The van der Waals surface area contributed by atoms with E-state index in [9.17, 15) is 4.79 Å². The second kappa shape index (κ2) is 9.74. The Kier molecular flexibility index (Phi) is 6.85. The van der Waals surface area contributed by atoms with Crippen molar-refractivity contribution in [2.75, 3.05) is 30.2 Å². The second-order valence-corrected chi connectivity index (χ2v) is 6.55. The monoisotopic (exact) mass is 395 g/mol. The van der Waals surface area contributed by atoms with Gasteiger partial charge in [0.25, 0.3) is 5.91 Å². The van der Waals surface area contributed by atoms with E-state index in [-0.39, 0.29) is 11.9 Å². The molecule has 1 aliphatic heterocycles. The Balaban J connectivity index is 1.77. The number of amides is 1. The van der Waals surface area contributed by atoms with Crippen LogP contribution in [0.5, 0.6) is 0 Å². The SMILES string of the molecule is CCc1ccnc(N2CCN(C(=O)c3ccccc3N/N=C\C=N)[C@H](C)CO2)n1. The van der Waals surface area contributed by atoms with Gasteiger partial charge in [-0.1, -0.05) is 19.1 Å². The van der Waals surface area contributed by atoms with E-state index in [1.54, 1.807) is 28.3 Å². The van der Waals surface area contributed by atoms with Crippen molar-refractivity contribution in [1.82, 2.24) is 14.9 Å². The molecule has 1 fully saturated rings. The van der Waals surface area contributed by atoms with Crippen molar-refractivity contribution in [2.45, 2.75) is 26.3 Å². The third-order valence-corrected chi connectivity index (χ3v) is 4.59. The lowest BCUT2D eigenvalue weighted by Gasteiger charge is -2.26. The van der Waals surface area contributed by atoms with Gasteiger partial charge in [0, 0.05) is 24.7 Å². The molecule has 0 bridgehead atoms. The van der Waals surface area contributed by atoms with Crippen molar-refractivity contribution in [1.29, 1.82) is 5.41 Å². The number of aryl methyl sites for hydroxylation is 1. The number of nitrogens with one attached hydrogen (secondary N) is 2. The van der Waals surface area contributed by atoms with Gasteiger partial charge in [-0.25, -0.2) is 15.0 Å². The molecule has 1 aliphatic rings. The molecule has 29 heavy (non-hydrogen) atoms. The Bertz CT molecular complexity index is 887. The zero-order chi connectivity index (χ0) is 20.6. The highest BCUT2D eigenvalue weighted by atomic mass is 16.7. The third-order valence-electron chi connectivity index (χ3n) is 4.59. The summed E-state index contributed by atoms with van der Waals surface area (Å²) in [5, 5.41) is 12.6. The van der Waals surface area contributed by atoms with E-state index in [4.69, 9.17) is 10.2 Å². The van der Waals surface area contributed by atoms with Crippen LogP contribution in [-0.4, -0.2) is 58.9 Å². The average Bonchev–Trinajstić information content (AvgIpc) is 2.95. The summed E-state index contributed by atoms with van der Waals surface area (Å²) in [6.45, 7) is 5.26. The van der Waals surface area contributed by atoms with Gasteiger partial charge in [-0.05, 0) is 31.5 Å². The number of aromatic nitrogens is 2. The molecule has 0 radical (unpaired) electrons. The molecule has 9 nitrogen and oxygen atoms in total. The van der Waals surface area contributed by atoms with E-state index < -0.39 is 0 Å². The number of benzene rings is 1. The summed E-state index contributed by atoms with van der Waals surface area (Å²) in [7, 11) is 0. The molecule has 9 heteroatoms. The minimum absolute atomic E-state index is 0.112. The quantitative estimate of drug-likeness (QED) is 0.574. The highest BCUT2D eigenvalue weighted by Gasteiger charge is 2.28. The molecule has 152 valence electrons. The average molecular weight is 395 g/mol. The number of hydroxylamine groups is 1. The van der Waals surface area contributed by atoms with Gasteiger partial charge in [-0.15, -0.1) is 0 Å². The molecule has 0 unspecified atom stereocenters. The second-order valence-electron chi connectivity index (χ2n) is 6.55. The van der Waals surface area contributed by atoms with Crippen molar-refractivity contribution in [2.24, 2.45) is 5.10 Å². The molecule has 2 aromatic rings. The summed E-state index contributed by atoms with van der Waals surface area (Å²) in [4.78, 5) is 29.7. The lowest BCUT2D eigenvalue weighted by Crippen LogP contribution is -2.41. The zero-order valence-corrected chi connectivity index (χ0v) is 16.6. The first-order chi connectivity index (χ1) is 14.1. The van der Waals surface area contributed by atoms with Crippen molar-refractivity contribution < 1.29 is 9.63 Å². The third kappa shape index (κ3) is 4.94. The van der Waals surface area contributed by atoms with Crippen LogP contribution >= 0.6 is 0 Å². The number of hydrogen-bond acceptors (Lipinski definition) is 8. The molecule has 2 N–H and O–H groups in total. The topological polar surface area (TPSA) is 107 Å². The highest BCUT2D eigenvalue weighted by Crippen LogP contribution is 2.21. The summed E-state index contributed by atoms with van der Waals surface area (Å²) in [5.74, 6) is 0.397. The largest absolute Gasteiger partial charge is 0.332 e. The summed E-state index contributed by atoms with van der Waals surface area (Å²) in [5.41, 5.74) is 4.86. The fourth-order valence-corrected chi connectivity index (χ4v) is 3.00. The number of carbonyl (C=O) groups is 1. The van der Waals surface area contributed by atoms with Crippen molar-refractivity contribution in [3.8, 4) is 0 Å². The van der Waals surface area contributed by atoms with Crippen LogP contribution in [0, 0.1) is 5.41 Å². The molecule has 1 aromatic carbocycles. The van der Waals surface area contributed by atoms with Gasteiger partial charge in [0.05, 0.1) is 36.7 Å². The van der Waals surface area contributed by atoms with Gasteiger partial charge in [0.15, 0.2) is 0 Å². The fourth-order valence-electron chi connectivity index (χ4n) is 3.00. The van der Waals surface area contributed by atoms with Crippen LogP contribution in [0.15, 0.2) is 41.6 Å². The van der Waals surface area contributed by atoms with Gasteiger partial charge < -0.3 is 10.3 Å².